The lowest BCUT2D eigenvalue weighted by molar-refractivity contribution is 0.102. The maximum atomic E-state index is 12.9. The van der Waals surface area contributed by atoms with E-state index >= 15 is 0 Å². The van der Waals surface area contributed by atoms with Gasteiger partial charge in [0.15, 0.2) is 0 Å². The molecule has 4 rings (SSSR count). The minimum Gasteiger partial charge on any atom is -0.495 e. The van der Waals surface area contributed by atoms with Crippen molar-refractivity contribution in [1.29, 1.82) is 5.41 Å². The van der Waals surface area contributed by atoms with Crippen LogP contribution in [0.1, 0.15) is 15.9 Å². The van der Waals surface area contributed by atoms with Crippen molar-refractivity contribution in [3.63, 3.8) is 0 Å². The van der Waals surface area contributed by atoms with Crippen LogP contribution in [0.2, 0.25) is 0 Å². The van der Waals surface area contributed by atoms with Crippen LogP contribution >= 0.6 is 11.3 Å². The summed E-state index contributed by atoms with van der Waals surface area (Å²) in [5.41, 5.74) is 9.06. The van der Waals surface area contributed by atoms with Crippen LogP contribution in [-0.2, 0) is 0 Å². The van der Waals surface area contributed by atoms with E-state index in [1.807, 2.05) is 30.3 Å². The molecular weight excluding hydrogens is 382 g/mol. The fourth-order valence-corrected chi connectivity index (χ4v) is 4.28. The molecule has 5 nitrogen and oxygen atoms in total. The van der Waals surface area contributed by atoms with Crippen molar-refractivity contribution < 1.29 is 9.53 Å². The molecule has 144 valence electrons. The Morgan fingerprint density at radius 2 is 1.86 bits per heavy atom. The fraction of sp³-hybridized carbons (Fsp3) is 0.0435. The Hall–Kier alpha value is -3.64. The summed E-state index contributed by atoms with van der Waals surface area (Å²) in [5.74, 6) is 0.285. The zero-order chi connectivity index (χ0) is 20.4. The van der Waals surface area contributed by atoms with Gasteiger partial charge in [0.2, 0.25) is 0 Å². The molecule has 0 spiro atoms. The Labute approximate surface area is 172 Å². The third-order valence-electron chi connectivity index (χ3n) is 4.68. The largest absolute Gasteiger partial charge is 0.495 e. The number of rotatable bonds is 5. The summed E-state index contributed by atoms with van der Waals surface area (Å²) >= 11 is 1.61. The molecule has 0 aliphatic heterocycles. The molecular formula is C23H19N3O2S. The number of amides is 1. The molecule has 1 aromatic heterocycles. The quantitative estimate of drug-likeness (QED) is 0.309. The summed E-state index contributed by atoms with van der Waals surface area (Å²) in [6, 6.07) is 20.8. The van der Waals surface area contributed by atoms with Crippen molar-refractivity contribution in [3.05, 3.63) is 77.9 Å². The van der Waals surface area contributed by atoms with E-state index in [2.05, 4.69) is 17.4 Å². The van der Waals surface area contributed by atoms with E-state index in [0.717, 1.165) is 20.5 Å². The lowest BCUT2D eigenvalue weighted by atomic mass is 10.0. The van der Waals surface area contributed by atoms with E-state index in [1.165, 1.54) is 6.21 Å². The molecule has 1 amide bonds. The standard InChI is InChI=1S/C23H19N3O2S/c1-28-19-8-4-3-7-18(19)26-23(27)15-10-16(13-24)22(25)17(11-15)21-12-14-6-2-5-9-20(14)29-21/h2-13,24H,25H2,1H3,(H,26,27). The summed E-state index contributed by atoms with van der Waals surface area (Å²) in [4.78, 5) is 13.9. The highest BCUT2D eigenvalue weighted by Gasteiger charge is 2.16. The normalized spacial score (nSPS) is 10.7. The first-order chi connectivity index (χ1) is 14.1. The molecule has 0 saturated heterocycles. The number of methoxy groups -OCH3 is 1. The molecule has 3 aromatic carbocycles. The van der Waals surface area contributed by atoms with Crippen LogP contribution in [0.3, 0.4) is 0 Å². The number of carbonyl (C=O) groups is 1. The van der Waals surface area contributed by atoms with Crippen molar-refractivity contribution in [1.82, 2.24) is 0 Å². The molecule has 0 bridgehead atoms. The lowest BCUT2D eigenvalue weighted by Crippen LogP contribution is -2.14. The van der Waals surface area contributed by atoms with E-state index in [0.29, 0.717) is 28.3 Å². The van der Waals surface area contributed by atoms with Crippen molar-refractivity contribution in [2.24, 2.45) is 0 Å². The highest BCUT2D eigenvalue weighted by Crippen LogP contribution is 2.38. The first-order valence-corrected chi connectivity index (χ1v) is 9.79. The van der Waals surface area contributed by atoms with Gasteiger partial charge in [0, 0.05) is 38.2 Å². The number of nitrogen functional groups attached to an aromatic ring is 1. The Morgan fingerprint density at radius 3 is 2.62 bits per heavy atom. The first kappa shape index (κ1) is 18.7. The third kappa shape index (κ3) is 3.58. The summed E-state index contributed by atoms with van der Waals surface area (Å²) in [6.45, 7) is 0. The number of hydrogen-bond acceptors (Lipinski definition) is 5. The monoisotopic (exact) mass is 401 g/mol. The van der Waals surface area contributed by atoms with Crippen molar-refractivity contribution in [3.8, 4) is 16.2 Å². The second-order valence-corrected chi connectivity index (χ2v) is 7.56. The van der Waals surface area contributed by atoms with Gasteiger partial charge in [-0.3, -0.25) is 4.79 Å². The number of anilines is 2. The van der Waals surface area contributed by atoms with Crippen LogP contribution < -0.4 is 15.8 Å². The number of para-hydroxylation sites is 2. The Balaban J connectivity index is 1.77. The molecule has 29 heavy (non-hydrogen) atoms. The van der Waals surface area contributed by atoms with E-state index in [-0.39, 0.29) is 5.91 Å². The SMILES string of the molecule is COc1ccccc1NC(=O)c1cc(C=N)c(N)c(-c2cc3ccccc3s2)c1. The molecule has 0 fully saturated rings. The van der Waals surface area contributed by atoms with Gasteiger partial charge in [0.05, 0.1) is 12.8 Å². The number of ether oxygens (including phenoxy) is 1. The zero-order valence-electron chi connectivity index (χ0n) is 15.7. The van der Waals surface area contributed by atoms with E-state index in [4.69, 9.17) is 15.9 Å². The number of nitrogens with two attached hydrogens (primary N) is 1. The molecule has 4 aromatic rings. The van der Waals surface area contributed by atoms with E-state index in [9.17, 15) is 4.79 Å². The van der Waals surface area contributed by atoms with Crippen molar-refractivity contribution >= 4 is 44.9 Å². The van der Waals surface area contributed by atoms with Crippen LogP contribution in [-0.4, -0.2) is 19.2 Å². The van der Waals surface area contributed by atoms with E-state index < -0.39 is 0 Å². The average molecular weight is 401 g/mol. The maximum Gasteiger partial charge on any atom is 0.255 e. The van der Waals surface area contributed by atoms with Gasteiger partial charge in [-0.15, -0.1) is 11.3 Å². The average Bonchev–Trinajstić information content (AvgIpc) is 3.18. The fourth-order valence-electron chi connectivity index (χ4n) is 3.19. The first-order valence-electron chi connectivity index (χ1n) is 8.98. The summed E-state index contributed by atoms with van der Waals surface area (Å²) in [6.07, 6.45) is 1.17. The highest BCUT2D eigenvalue weighted by atomic mass is 32.1. The molecule has 0 aliphatic rings. The smallest absolute Gasteiger partial charge is 0.255 e. The molecule has 0 saturated carbocycles. The van der Waals surface area contributed by atoms with Crippen molar-refractivity contribution in [2.45, 2.75) is 0 Å². The van der Waals surface area contributed by atoms with Gasteiger partial charge in [-0.25, -0.2) is 0 Å². The summed E-state index contributed by atoms with van der Waals surface area (Å²) in [5, 5.41) is 11.7. The minimum atomic E-state index is -0.292. The predicted molar refractivity (Wildman–Crippen MR) is 121 cm³/mol. The van der Waals surface area contributed by atoms with Gasteiger partial charge < -0.3 is 21.2 Å². The van der Waals surface area contributed by atoms with E-state index in [1.54, 1.807) is 42.7 Å². The maximum absolute atomic E-state index is 12.9. The molecule has 0 aliphatic carbocycles. The predicted octanol–water partition coefficient (Wildman–Crippen LogP) is 5.41. The van der Waals surface area contributed by atoms with Crippen LogP contribution in [0.15, 0.2) is 66.7 Å². The number of nitrogens with one attached hydrogen (secondary N) is 2. The third-order valence-corrected chi connectivity index (χ3v) is 5.83. The van der Waals surface area contributed by atoms with Crippen LogP contribution in [0.5, 0.6) is 5.75 Å². The van der Waals surface area contributed by atoms with Gasteiger partial charge in [-0.2, -0.15) is 0 Å². The van der Waals surface area contributed by atoms with Gasteiger partial charge >= 0.3 is 0 Å². The number of fused-ring (bicyclic) bond motifs is 1. The van der Waals surface area contributed by atoms with Crippen LogP contribution in [0, 0.1) is 5.41 Å². The van der Waals surface area contributed by atoms with Gasteiger partial charge in [0.25, 0.3) is 5.91 Å². The van der Waals surface area contributed by atoms with Crippen LogP contribution in [0.4, 0.5) is 11.4 Å². The molecule has 1 heterocycles. The number of thiophene rings is 1. The zero-order valence-corrected chi connectivity index (χ0v) is 16.5. The Bertz CT molecular complexity index is 1200. The van der Waals surface area contributed by atoms with Gasteiger partial charge in [-0.1, -0.05) is 30.3 Å². The molecule has 0 atom stereocenters. The Kier molecular flexibility index (Phi) is 5.01. The van der Waals surface area contributed by atoms with Gasteiger partial charge in [-0.05, 0) is 41.8 Å². The second kappa shape index (κ2) is 7.77. The number of benzene rings is 3. The topological polar surface area (TPSA) is 88.2 Å². The minimum absolute atomic E-state index is 0.292. The molecule has 0 radical (unpaired) electrons. The second-order valence-electron chi connectivity index (χ2n) is 6.47. The number of hydrogen-bond donors (Lipinski definition) is 3. The molecule has 6 heteroatoms. The van der Waals surface area contributed by atoms with Crippen molar-refractivity contribution in [2.75, 3.05) is 18.2 Å². The molecule has 4 N–H and O–H groups in total. The number of carbonyl (C=O) groups excluding carboxylic acids is 1. The highest BCUT2D eigenvalue weighted by molar-refractivity contribution is 7.22. The molecule has 0 unspecified atom stereocenters. The van der Waals surface area contributed by atoms with Gasteiger partial charge in [0.1, 0.15) is 5.75 Å². The summed E-state index contributed by atoms with van der Waals surface area (Å²) in [7, 11) is 1.56. The lowest BCUT2D eigenvalue weighted by Gasteiger charge is -2.13. The van der Waals surface area contributed by atoms with Crippen LogP contribution in [0.25, 0.3) is 20.5 Å². The Morgan fingerprint density at radius 1 is 1.10 bits per heavy atom. The summed E-state index contributed by atoms with van der Waals surface area (Å²) < 4.78 is 6.44.